The molecule has 0 saturated heterocycles. The third kappa shape index (κ3) is 3.71. The Morgan fingerprint density at radius 2 is 2.00 bits per heavy atom. The normalized spacial score (nSPS) is 22.5. The third-order valence-corrected chi connectivity index (χ3v) is 4.25. The van der Waals surface area contributed by atoms with E-state index in [4.69, 9.17) is 0 Å². The van der Waals surface area contributed by atoms with E-state index in [1.54, 1.807) is 6.07 Å². The lowest BCUT2D eigenvalue weighted by atomic mass is 9.83. The molecule has 0 aromatic heterocycles. The van der Waals surface area contributed by atoms with Gasteiger partial charge in [0.25, 0.3) is 5.69 Å². The Bertz CT molecular complexity index is 466. The molecule has 110 valence electrons. The number of rotatable bonds is 5. The molecule has 4 nitrogen and oxygen atoms in total. The fourth-order valence-electron chi connectivity index (χ4n) is 3.14. The molecule has 0 heterocycles. The number of aryl methyl sites for hydroxylation is 1. The van der Waals surface area contributed by atoms with Crippen LogP contribution in [-0.4, -0.2) is 11.0 Å². The highest BCUT2D eigenvalue weighted by molar-refractivity contribution is 5.63. The van der Waals surface area contributed by atoms with Crippen molar-refractivity contribution in [1.29, 1.82) is 0 Å². The summed E-state index contributed by atoms with van der Waals surface area (Å²) < 4.78 is 0. The summed E-state index contributed by atoms with van der Waals surface area (Å²) in [5, 5.41) is 14.5. The maximum atomic E-state index is 11.1. The van der Waals surface area contributed by atoms with Crippen LogP contribution in [0.15, 0.2) is 18.2 Å². The van der Waals surface area contributed by atoms with Gasteiger partial charge in [0.15, 0.2) is 0 Å². The second-order valence-electron chi connectivity index (χ2n) is 5.93. The molecule has 20 heavy (non-hydrogen) atoms. The maximum Gasteiger partial charge on any atom is 0.292 e. The molecule has 1 saturated carbocycles. The van der Waals surface area contributed by atoms with E-state index in [2.05, 4.69) is 12.2 Å². The average molecular weight is 276 g/mol. The van der Waals surface area contributed by atoms with Gasteiger partial charge in [0.05, 0.1) is 4.92 Å². The highest BCUT2D eigenvalue weighted by atomic mass is 16.6. The molecular formula is C16H24N2O2. The molecule has 4 heteroatoms. The Kier molecular flexibility index (Phi) is 4.99. The lowest BCUT2D eigenvalue weighted by Gasteiger charge is -2.29. The van der Waals surface area contributed by atoms with Gasteiger partial charge >= 0.3 is 0 Å². The number of benzene rings is 1. The summed E-state index contributed by atoms with van der Waals surface area (Å²) in [6, 6.07) is 5.79. The first-order valence-corrected chi connectivity index (χ1v) is 7.61. The van der Waals surface area contributed by atoms with Crippen LogP contribution in [0.1, 0.15) is 51.0 Å². The lowest BCUT2D eigenvalue weighted by molar-refractivity contribution is -0.384. The quantitative estimate of drug-likeness (QED) is 0.628. The minimum Gasteiger partial charge on any atom is -0.377 e. The van der Waals surface area contributed by atoms with Crippen molar-refractivity contribution in [3.8, 4) is 0 Å². The number of nitro groups is 1. The highest BCUT2D eigenvalue weighted by Gasteiger charge is 2.23. The van der Waals surface area contributed by atoms with Gasteiger partial charge < -0.3 is 5.32 Å². The van der Waals surface area contributed by atoms with E-state index in [1.165, 1.54) is 25.7 Å². The largest absolute Gasteiger partial charge is 0.377 e. The second-order valence-corrected chi connectivity index (χ2v) is 5.93. The first-order valence-electron chi connectivity index (χ1n) is 7.61. The number of hydrogen-bond donors (Lipinski definition) is 1. The van der Waals surface area contributed by atoms with E-state index < -0.39 is 0 Å². The van der Waals surface area contributed by atoms with Gasteiger partial charge in [-0.15, -0.1) is 0 Å². The van der Waals surface area contributed by atoms with Crippen LogP contribution in [0.2, 0.25) is 0 Å². The van der Waals surface area contributed by atoms with Gasteiger partial charge in [0, 0.05) is 12.1 Å². The molecule has 0 radical (unpaired) electrons. The first-order chi connectivity index (χ1) is 9.60. The number of nitrogens with one attached hydrogen (secondary N) is 1. The van der Waals surface area contributed by atoms with E-state index in [0.29, 0.717) is 11.7 Å². The third-order valence-electron chi connectivity index (χ3n) is 4.25. The monoisotopic (exact) mass is 276 g/mol. The van der Waals surface area contributed by atoms with Gasteiger partial charge in [0.2, 0.25) is 0 Å². The summed E-state index contributed by atoms with van der Waals surface area (Å²) in [7, 11) is 0. The molecule has 0 unspecified atom stereocenters. The summed E-state index contributed by atoms with van der Waals surface area (Å²) in [6.07, 6.45) is 7.30. The Hall–Kier alpha value is -1.58. The van der Waals surface area contributed by atoms with Crippen molar-refractivity contribution in [2.24, 2.45) is 5.92 Å². The van der Waals surface area contributed by atoms with Gasteiger partial charge in [-0.1, -0.05) is 25.8 Å². The number of anilines is 1. The van der Waals surface area contributed by atoms with Crippen LogP contribution in [0.3, 0.4) is 0 Å². The Morgan fingerprint density at radius 1 is 1.30 bits per heavy atom. The van der Waals surface area contributed by atoms with E-state index in [9.17, 15) is 10.1 Å². The molecule has 0 amide bonds. The smallest absolute Gasteiger partial charge is 0.292 e. The number of nitrogens with zero attached hydrogens (tertiary/aromatic N) is 1. The molecule has 0 aliphatic heterocycles. The van der Waals surface area contributed by atoms with Crippen LogP contribution in [0.4, 0.5) is 11.4 Å². The molecule has 0 bridgehead atoms. The van der Waals surface area contributed by atoms with Crippen molar-refractivity contribution in [3.63, 3.8) is 0 Å². The van der Waals surface area contributed by atoms with Gasteiger partial charge in [-0.2, -0.15) is 0 Å². The predicted molar refractivity (Wildman–Crippen MR) is 82.1 cm³/mol. The molecule has 0 atom stereocenters. The molecule has 0 spiro atoms. The van der Waals surface area contributed by atoms with Crippen molar-refractivity contribution in [1.82, 2.24) is 0 Å². The van der Waals surface area contributed by atoms with Crippen molar-refractivity contribution in [2.45, 2.75) is 58.4 Å². The Morgan fingerprint density at radius 3 is 2.60 bits per heavy atom. The molecular weight excluding hydrogens is 252 g/mol. The van der Waals surface area contributed by atoms with Crippen LogP contribution in [0.25, 0.3) is 0 Å². The lowest BCUT2D eigenvalue weighted by Crippen LogP contribution is -2.26. The predicted octanol–water partition coefficient (Wildman–Crippen LogP) is 4.67. The summed E-state index contributed by atoms with van der Waals surface area (Å²) in [5.41, 5.74) is 1.79. The van der Waals surface area contributed by atoms with Crippen LogP contribution in [-0.2, 0) is 0 Å². The second kappa shape index (κ2) is 6.73. The van der Waals surface area contributed by atoms with Crippen molar-refractivity contribution < 1.29 is 4.92 Å². The fraction of sp³-hybridized carbons (Fsp3) is 0.625. The summed E-state index contributed by atoms with van der Waals surface area (Å²) in [4.78, 5) is 10.8. The van der Waals surface area contributed by atoms with Crippen LogP contribution < -0.4 is 5.32 Å². The summed E-state index contributed by atoms with van der Waals surface area (Å²) in [5.74, 6) is 0.853. The van der Waals surface area contributed by atoms with Gasteiger partial charge in [-0.05, 0) is 50.2 Å². The molecule has 1 fully saturated rings. The van der Waals surface area contributed by atoms with Gasteiger partial charge in [-0.3, -0.25) is 10.1 Å². The maximum absolute atomic E-state index is 11.1. The minimum atomic E-state index is -0.294. The summed E-state index contributed by atoms with van der Waals surface area (Å²) in [6.45, 7) is 4.12. The molecule has 1 aliphatic rings. The standard InChI is InChI=1S/C16H24N2O2/c1-3-4-13-6-8-14(9-7-13)17-15-10-5-12(2)11-16(15)18(19)20/h5,10-11,13-14,17H,3-4,6-9H2,1-2H3. The van der Waals surface area contributed by atoms with E-state index >= 15 is 0 Å². The minimum absolute atomic E-state index is 0.195. The van der Waals surface area contributed by atoms with Gasteiger partial charge in [-0.25, -0.2) is 0 Å². The zero-order valence-corrected chi connectivity index (χ0v) is 12.4. The molecule has 1 aliphatic carbocycles. The van der Waals surface area contributed by atoms with Crippen molar-refractivity contribution in [2.75, 3.05) is 5.32 Å². The average Bonchev–Trinajstić information content (AvgIpc) is 2.43. The van der Waals surface area contributed by atoms with Crippen LogP contribution in [0, 0.1) is 23.0 Å². The molecule has 2 rings (SSSR count). The zero-order valence-electron chi connectivity index (χ0n) is 12.4. The first kappa shape index (κ1) is 14.8. The fourth-order valence-corrected chi connectivity index (χ4v) is 3.14. The van der Waals surface area contributed by atoms with Crippen molar-refractivity contribution >= 4 is 11.4 Å². The summed E-state index contributed by atoms with van der Waals surface area (Å²) >= 11 is 0. The van der Waals surface area contributed by atoms with Crippen molar-refractivity contribution in [3.05, 3.63) is 33.9 Å². The van der Waals surface area contributed by atoms with E-state index in [1.807, 2.05) is 19.1 Å². The van der Waals surface area contributed by atoms with Crippen LogP contribution >= 0.6 is 0 Å². The molecule has 1 aromatic rings. The highest BCUT2D eigenvalue weighted by Crippen LogP contribution is 2.32. The Labute approximate surface area is 120 Å². The zero-order chi connectivity index (χ0) is 14.5. The SMILES string of the molecule is CCCC1CCC(Nc2ccc(C)cc2[N+](=O)[O-])CC1. The Balaban J connectivity index is 1.99. The number of hydrogen-bond acceptors (Lipinski definition) is 3. The number of nitro benzene ring substituents is 1. The molecule has 1 N–H and O–H groups in total. The van der Waals surface area contributed by atoms with E-state index in [-0.39, 0.29) is 10.6 Å². The van der Waals surface area contributed by atoms with Gasteiger partial charge in [0.1, 0.15) is 5.69 Å². The molecule has 1 aromatic carbocycles. The topological polar surface area (TPSA) is 55.2 Å². The van der Waals surface area contributed by atoms with Crippen LogP contribution in [0.5, 0.6) is 0 Å². The van der Waals surface area contributed by atoms with E-state index in [0.717, 1.165) is 24.3 Å².